The van der Waals surface area contributed by atoms with Gasteiger partial charge in [-0.2, -0.15) is 0 Å². The fourth-order valence-electron chi connectivity index (χ4n) is 1.50. The third-order valence-electron chi connectivity index (χ3n) is 2.39. The predicted molar refractivity (Wildman–Crippen MR) is 61.4 cm³/mol. The number of rotatable bonds is 6. The van der Waals surface area contributed by atoms with E-state index in [4.69, 9.17) is 9.47 Å². The third kappa shape index (κ3) is 2.68. The molecule has 0 N–H and O–H groups in total. The van der Waals surface area contributed by atoms with Gasteiger partial charge in [0.25, 0.3) is 5.69 Å². The number of nitro benzene ring substituents is 1. The van der Waals surface area contributed by atoms with Crippen LogP contribution in [0.1, 0.15) is 18.6 Å². The Labute approximate surface area is 103 Å². The summed E-state index contributed by atoms with van der Waals surface area (Å²) < 4.78 is 14.6. The molecule has 0 bridgehead atoms. The fourth-order valence-corrected chi connectivity index (χ4v) is 1.50. The van der Waals surface area contributed by atoms with Crippen LogP contribution in [0.25, 0.3) is 0 Å². The summed E-state index contributed by atoms with van der Waals surface area (Å²) in [6.07, 6.45) is -0.803. The molecule has 0 aromatic heterocycles. The van der Waals surface area contributed by atoms with Gasteiger partial charge in [-0.1, -0.05) is 0 Å². The van der Waals surface area contributed by atoms with Gasteiger partial charge in [-0.15, -0.1) is 0 Å². The Bertz CT molecular complexity index is 459. The van der Waals surface area contributed by atoms with Crippen molar-refractivity contribution in [3.8, 4) is 11.5 Å². The highest BCUT2D eigenvalue weighted by Gasteiger charge is 2.24. The van der Waals surface area contributed by atoms with Gasteiger partial charge >= 0.3 is 6.47 Å². The molecule has 18 heavy (non-hydrogen) atoms. The Kier molecular flexibility index (Phi) is 4.47. The maximum Gasteiger partial charge on any atom is 0.418 e. The Balaban J connectivity index is 3.37. The summed E-state index contributed by atoms with van der Waals surface area (Å²) in [7, 11) is 2.78. The summed E-state index contributed by atoms with van der Waals surface area (Å²) in [5.74, 6) is 0.551. The van der Waals surface area contributed by atoms with Crippen LogP contribution in [-0.2, 0) is 9.53 Å². The minimum absolute atomic E-state index is 0.209. The number of nitro groups is 1. The van der Waals surface area contributed by atoms with Crippen LogP contribution in [-0.4, -0.2) is 25.6 Å². The first-order valence-corrected chi connectivity index (χ1v) is 4.98. The lowest BCUT2D eigenvalue weighted by molar-refractivity contribution is -0.386. The second kappa shape index (κ2) is 5.85. The topological polar surface area (TPSA) is 87.9 Å². The lowest BCUT2D eigenvalue weighted by Gasteiger charge is -2.13. The summed E-state index contributed by atoms with van der Waals surface area (Å²) >= 11 is 0. The maximum atomic E-state index is 11.0. The molecule has 0 aliphatic carbocycles. The molecule has 1 rings (SSSR count). The number of nitrogens with zero attached hydrogens (tertiary/aromatic N) is 1. The van der Waals surface area contributed by atoms with Gasteiger partial charge in [-0.05, 0) is 13.0 Å². The smallest absolute Gasteiger partial charge is 0.418 e. The Morgan fingerprint density at radius 3 is 2.28 bits per heavy atom. The highest BCUT2D eigenvalue weighted by atomic mass is 16.6. The van der Waals surface area contributed by atoms with Gasteiger partial charge in [-0.3, -0.25) is 10.1 Å². The number of hydrogen-bond donors (Lipinski definition) is 0. The van der Waals surface area contributed by atoms with Gasteiger partial charge in [0.1, 0.15) is 6.10 Å². The van der Waals surface area contributed by atoms with Crippen molar-refractivity contribution >= 4 is 12.2 Å². The summed E-state index contributed by atoms with van der Waals surface area (Å²) in [6.45, 7) is 2.75. The molecule has 0 fully saturated rings. The van der Waals surface area contributed by atoms with Crippen LogP contribution in [0.4, 0.5) is 5.69 Å². The molecule has 7 nitrogen and oxygen atoms in total. The summed E-state index contributed by atoms with van der Waals surface area (Å²) in [5.41, 5.74) is -0.00333. The van der Waals surface area contributed by atoms with E-state index in [0.717, 1.165) is 0 Å². The lowest BCUT2D eigenvalue weighted by Crippen LogP contribution is -2.04. The van der Waals surface area contributed by atoms with E-state index >= 15 is 0 Å². The van der Waals surface area contributed by atoms with E-state index in [2.05, 4.69) is 4.74 Å². The molecule has 0 spiro atoms. The zero-order chi connectivity index (χ0) is 13.7. The van der Waals surface area contributed by atoms with E-state index in [-0.39, 0.29) is 17.0 Å². The number of methoxy groups -OCH3 is 2. The molecule has 0 aliphatic heterocycles. The molecule has 0 saturated heterocycles. The van der Waals surface area contributed by atoms with E-state index in [1.54, 1.807) is 0 Å². The minimum atomic E-state index is -0.803. The fraction of sp³-hybridized carbons (Fsp3) is 0.364. The summed E-state index contributed by atoms with van der Waals surface area (Å²) in [4.78, 5) is 20.5. The van der Waals surface area contributed by atoms with E-state index < -0.39 is 11.0 Å². The molecule has 0 aliphatic rings. The van der Waals surface area contributed by atoms with Crippen molar-refractivity contribution in [2.45, 2.75) is 13.0 Å². The normalized spacial score (nSPS) is 11.5. The lowest BCUT2D eigenvalue weighted by atomic mass is 10.1. The third-order valence-corrected chi connectivity index (χ3v) is 2.39. The van der Waals surface area contributed by atoms with Crippen LogP contribution in [0.5, 0.6) is 11.5 Å². The van der Waals surface area contributed by atoms with E-state index in [1.807, 2.05) is 0 Å². The number of benzene rings is 1. The summed E-state index contributed by atoms with van der Waals surface area (Å²) in [5, 5.41) is 11.0. The number of ether oxygens (including phenoxy) is 3. The number of hydrogen-bond acceptors (Lipinski definition) is 6. The van der Waals surface area contributed by atoms with Crippen molar-refractivity contribution in [1.82, 2.24) is 0 Å². The van der Waals surface area contributed by atoms with Crippen molar-refractivity contribution in [1.29, 1.82) is 0 Å². The Morgan fingerprint density at radius 2 is 1.83 bits per heavy atom. The van der Waals surface area contributed by atoms with E-state index in [0.29, 0.717) is 5.75 Å². The predicted octanol–water partition coefficient (Wildman–Crippen LogP) is 1.76. The second-order valence-corrected chi connectivity index (χ2v) is 3.37. The zero-order valence-corrected chi connectivity index (χ0v) is 10.1. The molecule has 0 saturated carbocycles. The van der Waals surface area contributed by atoms with Crippen LogP contribution in [0.3, 0.4) is 0 Å². The maximum absolute atomic E-state index is 11.0. The molecule has 1 unspecified atom stereocenters. The van der Waals surface area contributed by atoms with Gasteiger partial charge in [-0.25, -0.2) is 4.79 Å². The SMILES string of the molecule is COc1cc(C(C)O[C]=O)c([N+](=O)[O-])cc1OC. The minimum Gasteiger partial charge on any atom is -0.493 e. The van der Waals surface area contributed by atoms with Crippen LogP contribution >= 0.6 is 0 Å². The van der Waals surface area contributed by atoms with Crippen molar-refractivity contribution in [3.63, 3.8) is 0 Å². The quantitative estimate of drug-likeness (QED) is 0.567. The first-order chi connectivity index (χ1) is 8.54. The number of carbonyl (C=O) groups excluding carboxylic acids is 1. The first kappa shape index (κ1) is 13.8. The van der Waals surface area contributed by atoms with Crippen molar-refractivity contribution in [3.05, 3.63) is 27.8 Å². The molecule has 0 heterocycles. The monoisotopic (exact) mass is 254 g/mol. The molecule has 0 amide bonds. The van der Waals surface area contributed by atoms with Gasteiger partial charge in [0, 0.05) is 0 Å². The van der Waals surface area contributed by atoms with Crippen molar-refractivity contribution < 1.29 is 23.9 Å². The summed E-state index contributed by atoms with van der Waals surface area (Å²) in [6, 6.07) is 2.62. The standard InChI is InChI=1S/C11H12NO6/c1-7(18-6-13)8-4-10(16-2)11(17-3)5-9(8)12(14)15/h4-5,7H,1-3H3. The van der Waals surface area contributed by atoms with Gasteiger partial charge in [0.15, 0.2) is 11.5 Å². The molecule has 1 aromatic carbocycles. The van der Waals surface area contributed by atoms with Crippen LogP contribution < -0.4 is 9.47 Å². The average Bonchev–Trinajstić information content (AvgIpc) is 2.37. The van der Waals surface area contributed by atoms with Gasteiger partial charge in [0.2, 0.25) is 0 Å². The average molecular weight is 254 g/mol. The van der Waals surface area contributed by atoms with Crippen molar-refractivity contribution in [2.75, 3.05) is 14.2 Å². The van der Waals surface area contributed by atoms with Gasteiger partial charge < -0.3 is 14.2 Å². The molecular weight excluding hydrogens is 242 g/mol. The molecule has 97 valence electrons. The van der Waals surface area contributed by atoms with E-state index in [9.17, 15) is 14.9 Å². The molecule has 1 atom stereocenters. The van der Waals surface area contributed by atoms with Gasteiger partial charge in [0.05, 0.1) is 30.8 Å². The Morgan fingerprint density at radius 1 is 1.28 bits per heavy atom. The Hall–Kier alpha value is -2.31. The second-order valence-electron chi connectivity index (χ2n) is 3.37. The first-order valence-electron chi connectivity index (χ1n) is 4.98. The highest BCUT2D eigenvalue weighted by molar-refractivity contribution is 5.55. The zero-order valence-electron chi connectivity index (χ0n) is 10.1. The van der Waals surface area contributed by atoms with Crippen LogP contribution in [0.2, 0.25) is 0 Å². The molecular formula is C11H12NO6. The highest BCUT2D eigenvalue weighted by Crippen LogP contribution is 2.37. The van der Waals surface area contributed by atoms with Crippen LogP contribution in [0, 0.1) is 10.1 Å². The largest absolute Gasteiger partial charge is 0.493 e. The van der Waals surface area contributed by atoms with Crippen molar-refractivity contribution in [2.24, 2.45) is 0 Å². The van der Waals surface area contributed by atoms with Crippen LogP contribution in [0.15, 0.2) is 12.1 Å². The molecule has 1 radical (unpaired) electrons. The molecule has 7 heteroatoms. The molecule has 1 aromatic rings. The van der Waals surface area contributed by atoms with E-state index in [1.165, 1.54) is 39.7 Å².